The van der Waals surface area contributed by atoms with Crippen molar-refractivity contribution >= 4 is 11.6 Å². The Bertz CT molecular complexity index is 467. The van der Waals surface area contributed by atoms with Crippen molar-refractivity contribution < 1.29 is 5.32 Å². The average molecular weight is 247 g/mol. The van der Waals surface area contributed by atoms with Crippen LogP contribution in [0.3, 0.4) is 0 Å². The van der Waals surface area contributed by atoms with Crippen molar-refractivity contribution in [3.8, 4) is 0 Å². The number of nitrogens with two attached hydrogens (primary N) is 1. The highest BCUT2D eigenvalue weighted by atomic mass is 35.5. The number of quaternary nitrogens is 1. The Morgan fingerprint density at radius 2 is 1.65 bits per heavy atom. The minimum atomic E-state index is 0.451. The van der Waals surface area contributed by atoms with E-state index in [1.807, 2.05) is 24.3 Å². The molecule has 0 aliphatic carbocycles. The molecule has 1 atom stereocenters. The van der Waals surface area contributed by atoms with Gasteiger partial charge in [0.1, 0.15) is 12.6 Å². The molecule has 0 aliphatic heterocycles. The van der Waals surface area contributed by atoms with E-state index in [-0.39, 0.29) is 0 Å². The second kappa shape index (κ2) is 5.85. The summed E-state index contributed by atoms with van der Waals surface area (Å²) in [6, 6.07) is 19.0. The smallest absolute Gasteiger partial charge is 0.109 e. The maximum absolute atomic E-state index is 6.13. The molecule has 2 heteroatoms. The number of benzene rings is 2. The number of hydrogen-bond donors (Lipinski definition) is 1. The van der Waals surface area contributed by atoms with Crippen LogP contribution in [0.15, 0.2) is 54.6 Å². The SMILES string of the molecule is C[C@@H]([NH2+]Cc1ccccc1Cl)c1ccccc1. The highest BCUT2D eigenvalue weighted by Gasteiger charge is 2.08. The fraction of sp³-hybridized carbons (Fsp3) is 0.200. The largest absolute Gasteiger partial charge is 0.337 e. The molecular formula is C15H17ClN+. The fourth-order valence-corrected chi connectivity index (χ4v) is 2.07. The highest BCUT2D eigenvalue weighted by Crippen LogP contribution is 2.14. The van der Waals surface area contributed by atoms with Gasteiger partial charge in [0, 0.05) is 16.1 Å². The maximum Gasteiger partial charge on any atom is 0.109 e. The van der Waals surface area contributed by atoms with Crippen LogP contribution >= 0.6 is 11.6 Å². The molecule has 0 fully saturated rings. The van der Waals surface area contributed by atoms with Crippen molar-refractivity contribution in [2.45, 2.75) is 19.5 Å². The summed E-state index contributed by atoms with van der Waals surface area (Å²) in [4.78, 5) is 0. The van der Waals surface area contributed by atoms with Gasteiger partial charge in [-0.2, -0.15) is 0 Å². The lowest BCUT2D eigenvalue weighted by Gasteiger charge is -2.11. The van der Waals surface area contributed by atoms with Gasteiger partial charge in [-0.15, -0.1) is 0 Å². The van der Waals surface area contributed by atoms with Crippen LogP contribution in [0.5, 0.6) is 0 Å². The van der Waals surface area contributed by atoms with Crippen LogP contribution in [0.2, 0.25) is 5.02 Å². The van der Waals surface area contributed by atoms with Crippen LogP contribution < -0.4 is 5.32 Å². The van der Waals surface area contributed by atoms with E-state index in [0.717, 1.165) is 11.6 Å². The summed E-state index contributed by atoms with van der Waals surface area (Å²) in [6.07, 6.45) is 0. The van der Waals surface area contributed by atoms with E-state index in [4.69, 9.17) is 11.6 Å². The van der Waals surface area contributed by atoms with Crippen LogP contribution in [0, 0.1) is 0 Å². The lowest BCUT2D eigenvalue weighted by Crippen LogP contribution is -2.83. The maximum atomic E-state index is 6.13. The third kappa shape index (κ3) is 3.32. The van der Waals surface area contributed by atoms with Crippen molar-refractivity contribution in [1.29, 1.82) is 0 Å². The second-order valence-electron chi connectivity index (χ2n) is 4.23. The molecule has 0 spiro atoms. The first-order valence-electron chi connectivity index (χ1n) is 5.89. The molecule has 2 aromatic rings. The van der Waals surface area contributed by atoms with Gasteiger partial charge in [-0.05, 0) is 13.0 Å². The Labute approximate surface area is 107 Å². The van der Waals surface area contributed by atoms with Gasteiger partial charge in [-0.3, -0.25) is 0 Å². The first kappa shape index (κ1) is 12.2. The van der Waals surface area contributed by atoms with E-state index < -0.39 is 0 Å². The normalized spacial score (nSPS) is 12.4. The van der Waals surface area contributed by atoms with E-state index in [1.54, 1.807) is 0 Å². The minimum Gasteiger partial charge on any atom is -0.337 e. The monoisotopic (exact) mass is 246 g/mol. The molecule has 2 N–H and O–H groups in total. The molecule has 0 saturated carbocycles. The standard InChI is InChI=1S/C15H16ClN/c1-12(13-7-3-2-4-8-13)17-11-14-9-5-6-10-15(14)16/h2-10,12,17H,11H2,1H3/p+1/t12-/m1/s1. The van der Waals surface area contributed by atoms with Crippen LogP contribution in [-0.4, -0.2) is 0 Å². The summed E-state index contributed by atoms with van der Waals surface area (Å²) in [5, 5.41) is 3.15. The van der Waals surface area contributed by atoms with Crippen LogP contribution in [0.1, 0.15) is 24.1 Å². The zero-order chi connectivity index (χ0) is 12.1. The molecule has 0 saturated heterocycles. The topological polar surface area (TPSA) is 16.6 Å². The number of hydrogen-bond acceptors (Lipinski definition) is 0. The summed E-state index contributed by atoms with van der Waals surface area (Å²) >= 11 is 6.13. The Morgan fingerprint density at radius 3 is 2.35 bits per heavy atom. The zero-order valence-corrected chi connectivity index (χ0v) is 10.7. The van der Waals surface area contributed by atoms with Gasteiger partial charge in [0.05, 0.1) is 0 Å². The van der Waals surface area contributed by atoms with Gasteiger partial charge >= 0.3 is 0 Å². The predicted octanol–water partition coefficient (Wildman–Crippen LogP) is 3.16. The number of rotatable bonds is 4. The quantitative estimate of drug-likeness (QED) is 0.854. The molecule has 2 aromatic carbocycles. The van der Waals surface area contributed by atoms with Crippen molar-refractivity contribution in [2.75, 3.05) is 0 Å². The Morgan fingerprint density at radius 1 is 1.00 bits per heavy atom. The van der Waals surface area contributed by atoms with Gasteiger partial charge in [0.2, 0.25) is 0 Å². The van der Waals surface area contributed by atoms with Gasteiger partial charge < -0.3 is 5.32 Å². The second-order valence-corrected chi connectivity index (χ2v) is 4.64. The van der Waals surface area contributed by atoms with Gasteiger partial charge in [0.15, 0.2) is 0 Å². The van der Waals surface area contributed by atoms with Crippen LogP contribution in [-0.2, 0) is 6.54 Å². The van der Waals surface area contributed by atoms with Crippen molar-refractivity contribution in [2.24, 2.45) is 0 Å². The summed E-state index contributed by atoms with van der Waals surface area (Å²) < 4.78 is 0. The van der Waals surface area contributed by atoms with Gasteiger partial charge in [-0.1, -0.05) is 60.1 Å². The lowest BCUT2D eigenvalue weighted by molar-refractivity contribution is -0.707. The molecule has 0 amide bonds. The van der Waals surface area contributed by atoms with E-state index in [9.17, 15) is 0 Å². The van der Waals surface area contributed by atoms with Crippen molar-refractivity contribution in [3.05, 3.63) is 70.7 Å². The minimum absolute atomic E-state index is 0.451. The third-order valence-electron chi connectivity index (χ3n) is 2.97. The van der Waals surface area contributed by atoms with E-state index in [0.29, 0.717) is 6.04 Å². The summed E-state index contributed by atoms with van der Waals surface area (Å²) in [5.41, 5.74) is 2.54. The molecule has 2 rings (SSSR count). The molecule has 0 aromatic heterocycles. The molecule has 17 heavy (non-hydrogen) atoms. The van der Waals surface area contributed by atoms with Gasteiger partial charge in [0.25, 0.3) is 0 Å². The van der Waals surface area contributed by atoms with E-state index in [1.165, 1.54) is 11.1 Å². The van der Waals surface area contributed by atoms with E-state index in [2.05, 4.69) is 42.6 Å². The molecule has 0 radical (unpaired) electrons. The molecule has 0 bridgehead atoms. The van der Waals surface area contributed by atoms with Crippen molar-refractivity contribution in [1.82, 2.24) is 0 Å². The first-order valence-corrected chi connectivity index (χ1v) is 6.27. The Kier molecular flexibility index (Phi) is 4.18. The Balaban J connectivity index is 1.97. The average Bonchev–Trinajstić information content (AvgIpc) is 2.38. The third-order valence-corrected chi connectivity index (χ3v) is 3.34. The lowest BCUT2D eigenvalue weighted by atomic mass is 10.1. The molecule has 0 unspecified atom stereocenters. The first-order chi connectivity index (χ1) is 8.27. The molecule has 0 heterocycles. The zero-order valence-electron chi connectivity index (χ0n) is 9.94. The summed E-state index contributed by atoms with van der Waals surface area (Å²) in [7, 11) is 0. The number of halogens is 1. The molecular weight excluding hydrogens is 230 g/mol. The Hall–Kier alpha value is -1.31. The van der Waals surface area contributed by atoms with Crippen LogP contribution in [0.4, 0.5) is 0 Å². The molecule has 1 nitrogen and oxygen atoms in total. The van der Waals surface area contributed by atoms with Crippen molar-refractivity contribution in [3.63, 3.8) is 0 Å². The van der Waals surface area contributed by atoms with Gasteiger partial charge in [-0.25, -0.2) is 0 Å². The molecule has 88 valence electrons. The fourth-order valence-electron chi connectivity index (χ4n) is 1.86. The van der Waals surface area contributed by atoms with E-state index >= 15 is 0 Å². The summed E-state index contributed by atoms with van der Waals surface area (Å²) in [6.45, 7) is 3.13. The highest BCUT2D eigenvalue weighted by molar-refractivity contribution is 6.31. The molecule has 0 aliphatic rings. The predicted molar refractivity (Wildman–Crippen MR) is 71.9 cm³/mol. The van der Waals surface area contributed by atoms with Crippen LogP contribution in [0.25, 0.3) is 0 Å². The summed E-state index contributed by atoms with van der Waals surface area (Å²) in [5.74, 6) is 0.